The zero-order chi connectivity index (χ0) is 15.4. The maximum atomic E-state index is 12.3. The van der Waals surface area contributed by atoms with Gasteiger partial charge < -0.3 is 4.90 Å². The Hall–Kier alpha value is -2.09. The molecule has 106 valence electrons. The number of hydrogen-bond acceptors (Lipinski definition) is 3. The Kier molecular flexibility index (Phi) is 4.79. The van der Waals surface area contributed by atoms with Crippen molar-refractivity contribution < 1.29 is 4.79 Å². The molecule has 1 heterocycles. The minimum absolute atomic E-state index is 0.217. The summed E-state index contributed by atoms with van der Waals surface area (Å²) in [6.45, 7) is 0.404. The molecule has 21 heavy (non-hydrogen) atoms. The number of carbonyl (C=O) groups excluding carboxylic acids is 1. The van der Waals surface area contributed by atoms with Crippen LogP contribution in [0, 0.1) is 11.3 Å². The summed E-state index contributed by atoms with van der Waals surface area (Å²) >= 11 is 11.8. The molecule has 4 nitrogen and oxygen atoms in total. The Balaban J connectivity index is 2.15. The van der Waals surface area contributed by atoms with Crippen molar-refractivity contribution in [2.45, 2.75) is 6.54 Å². The van der Waals surface area contributed by atoms with Crippen molar-refractivity contribution in [1.29, 1.82) is 5.26 Å². The van der Waals surface area contributed by atoms with E-state index >= 15 is 0 Å². The number of nitriles is 1. The molecule has 0 radical (unpaired) electrons. The first-order valence-corrected chi connectivity index (χ1v) is 6.82. The van der Waals surface area contributed by atoms with Gasteiger partial charge in [-0.2, -0.15) is 5.26 Å². The summed E-state index contributed by atoms with van der Waals surface area (Å²) in [6.07, 6.45) is 1.35. The summed E-state index contributed by atoms with van der Waals surface area (Å²) < 4.78 is 0. The van der Waals surface area contributed by atoms with Crippen molar-refractivity contribution in [1.82, 2.24) is 9.88 Å². The molecule has 0 atom stereocenters. The van der Waals surface area contributed by atoms with Crippen molar-refractivity contribution >= 4 is 29.1 Å². The van der Waals surface area contributed by atoms with Gasteiger partial charge in [0.25, 0.3) is 5.91 Å². The number of halogens is 2. The second-order valence-corrected chi connectivity index (χ2v) is 5.25. The van der Waals surface area contributed by atoms with E-state index in [4.69, 9.17) is 28.5 Å². The maximum Gasteiger partial charge on any atom is 0.255 e. The summed E-state index contributed by atoms with van der Waals surface area (Å²) in [6, 6.07) is 10.5. The molecule has 1 amide bonds. The van der Waals surface area contributed by atoms with Gasteiger partial charge in [0, 0.05) is 19.8 Å². The molecule has 0 unspecified atom stereocenters. The predicted octanol–water partition coefficient (Wildman–Crippen LogP) is 3.53. The molecule has 0 aliphatic rings. The quantitative estimate of drug-likeness (QED) is 0.813. The topological polar surface area (TPSA) is 57.0 Å². The highest BCUT2D eigenvalue weighted by Gasteiger charge is 2.16. The molecule has 0 fully saturated rings. The molecule has 1 aromatic heterocycles. The summed E-state index contributed by atoms with van der Waals surface area (Å²) in [5, 5.41) is 9.23. The summed E-state index contributed by atoms with van der Waals surface area (Å²) in [7, 11) is 1.67. The molecule has 1 aromatic carbocycles. The third-order valence-corrected chi connectivity index (χ3v) is 3.41. The number of rotatable bonds is 3. The lowest BCUT2D eigenvalue weighted by Crippen LogP contribution is -2.26. The minimum Gasteiger partial charge on any atom is -0.337 e. The normalized spacial score (nSPS) is 10.0. The van der Waals surface area contributed by atoms with Gasteiger partial charge in [-0.05, 0) is 23.8 Å². The number of pyridine rings is 1. The van der Waals surface area contributed by atoms with Gasteiger partial charge in [-0.1, -0.05) is 35.3 Å². The maximum absolute atomic E-state index is 12.3. The van der Waals surface area contributed by atoms with Gasteiger partial charge in [0.15, 0.2) is 0 Å². The Morgan fingerprint density at radius 1 is 1.33 bits per heavy atom. The largest absolute Gasteiger partial charge is 0.337 e. The predicted molar refractivity (Wildman–Crippen MR) is 81.2 cm³/mol. The number of aromatic nitrogens is 1. The van der Waals surface area contributed by atoms with Gasteiger partial charge in [0.05, 0.1) is 22.2 Å². The van der Waals surface area contributed by atoms with Crippen LogP contribution in [0.4, 0.5) is 0 Å². The Morgan fingerprint density at radius 2 is 2.00 bits per heavy atom. The van der Waals surface area contributed by atoms with Gasteiger partial charge in [-0.3, -0.25) is 4.79 Å². The first-order chi connectivity index (χ1) is 10.0. The molecule has 0 aliphatic carbocycles. The van der Waals surface area contributed by atoms with E-state index in [1.54, 1.807) is 19.2 Å². The molecule has 0 aliphatic heterocycles. The number of nitrogens with zero attached hydrogens (tertiary/aromatic N) is 3. The average molecular weight is 320 g/mol. The van der Waals surface area contributed by atoms with Gasteiger partial charge in [-0.25, -0.2) is 4.98 Å². The van der Waals surface area contributed by atoms with Crippen molar-refractivity contribution in [3.63, 3.8) is 0 Å². The zero-order valence-corrected chi connectivity index (χ0v) is 12.7. The number of hydrogen-bond donors (Lipinski definition) is 0. The van der Waals surface area contributed by atoms with E-state index in [-0.39, 0.29) is 16.1 Å². The Morgan fingerprint density at radius 3 is 2.62 bits per heavy atom. The van der Waals surface area contributed by atoms with Crippen LogP contribution in [0.5, 0.6) is 0 Å². The molecular weight excluding hydrogens is 309 g/mol. The second-order valence-electron chi connectivity index (χ2n) is 4.46. The molecule has 2 rings (SSSR count). The third-order valence-electron chi connectivity index (χ3n) is 2.90. The van der Waals surface area contributed by atoms with E-state index < -0.39 is 0 Å². The fraction of sp³-hybridized carbons (Fsp3) is 0.133. The molecule has 0 N–H and O–H groups in total. The fourth-order valence-electron chi connectivity index (χ4n) is 1.81. The average Bonchev–Trinajstić information content (AvgIpc) is 2.49. The van der Waals surface area contributed by atoms with Gasteiger partial charge in [0.2, 0.25) is 0 Å². The smallest absolute Gasteiger partial charge is 0.255 e. The van der Waals surface area contributed by atoms with Crippen LogP contribution in [0.3, 0.4) is 0 Å². The first-order valence-electron chi connectivity index (χ1n) is 6.07. The lowest BCUT2D eigenvalue weighted by Gasteiger charge is -2.18. The van der Waals surface area contributed by atoms with Gasteiger partial charge in [0.1, 0.15) is 5.15 Å². The van der Waals surface area contributed by atoms with E-state index in [1.165, 1.54) is 17.2 Å². The lowest BCUT2D eigenvalue weighted by atomic mass is 10.1. The number of carbonyl (C=O) groups is 1. The Bertz CT molecular complexity index is 708. The molecule has 0 saturated carbocycles. The van der Waals surface area contributed by atoms with Crippen molar-refractivity contribution in [3.8, 4) is 6.07 Å². The highest BCUT2D eigenvalue weighted by Crippen LogP contribution is 2.20. The van der Waals surface area contributed by atoms with Crippen LogP contribution in [0.25, 0.3) is 0 Å². The van der Waals surface area contributed by atoms with Gasteiger partial charge >= 0.3 is 0 Å². The van der Waals surface area contributed by atoms with Crippen LogP contribution in [0.15, 0.2) is 36.5 Å². The van der Waals surface area contributed by atoms with Crippen LogP contribution < -0.4 is 0 Å². The summed E-state index contributed by atoms with van der Waals surface area (Å²) in [5.74, 6) is -0.242. The van der Waals surface area contributed by atoms with E-state index in [0.29, 0.717) is 17.7 Å². The molecule has 0 bridgehead atoms. The van der Waals surface area contributed by atoms with Crippen molar-refractivity contribution in [2.75, 3.05) is 7.05 Å². The highest BCUT2D eigenvalue weighted by molar-refractivity contribution is 6.35. The van der Waals surface area contributed by atoms with E-state index in [1.807, 2.05) is 12.1 Å². The van der Waals surface area contributed by atoms with Crippen molar-refractivity contribution in [3.05, 3.63) is 63.4 Å². The molecule has 0 saturated heterocycles. The second kappa shape index (κ2) is 6.57. The first kappa shape index (κ1) is 15.3. The minimum atomic E-state index is -0.242. The monoisotopic (exact) mass is 319 g/mol. The summed E-state index contributed by atoms with van der Waals surface area (Å²) in [5.41, 5.74) is 1.81. The lowest BCUT2D eigenvalue weighted by molar-refractivity contribution is 0.0785. The van der Waals surface area contributed by atoms with Gasteiger partial charge in [-0.15, -0.1) is 0 Å². The van der Waals surface area contributed by atoms with Crippen LogP contribution in [-0.2, 0) is 6.54 Å². The molecular formula is C15H11Cl2N3O. The van der Waals surface area contributed by atoms with Crippen LogP contribution in [0.1, 0.15) is 21.5 Å². The number of amides is 1. The van der Waals surface area contributed by atoms with E-state index in [0.717, 1.165) is 5.56 Å². The molecule has 0 spiro atoms. The van der Waals surface area contributed by atoms with Crippen LogP contribution in [-0.4, -0.2) is 22.8 Å². The van der Waals surface area contributed by atoms with E-state index in [9.17, 15) is 4.79 Å². The molecule has 2 aromatic rings. The van der Waals surface area contributed by atoms with Crippen LogP contribution >= 0.6 is 23.2 Å². The van der Waals surface area contributed by atoms with Crippen molar-refractivity contribution in [2.24, 2.45) is 0 Å². The zero-order valence-electron chi connectivity index (χ0n) is 11.2. The standard InChI is InChI=1S/C15H11Cl2N3O/c1-20(9-11-4-2-10(7-18)3-5-11)15(21)12-6-14(17)19-8-13(12)16/h2-6,8H,9H2,1H3. The SMILES string of the molecule is CN(Cc1ccc(C#N)cc1)C(=O)c1cc(Cl)ncc1Cl. The highest BCUT2D eigenvalue weighted by atomic mass is 35.5. The number of benzene rings is 1. The van der Waals surface area contributed by atoms with Crippen LogP contribution in [0.2, 0.25) is 10.2 Å². The molecule has 6 heteroatoms. The summed E-state index contributed by atoms with van der Waals surface area (Å²) in [4.78, 5) is 17.7. The third kappa shape index (κ3) is 3.72. The fourth-order valence-corrected chi connectivity index (χ4v) is 2.16. The van der Waals surface area contributed by atoms with E-state index in [2.05, 4.69) is 11.1 Å². The Labute approximate surface area is 132 Å².